The molecule has 6 nitrogen and oxygen atoms in total. The number of rotatable bonds is 7. The molecule has 0 unspecified atom stereocenters. The summed E-state index contributed by atoms with van der Waals surface area (Å²) in [4.78, 5) is 29.2. The van der Waals surface area contributed by atoms with E-state index in [1.807, 2.05) is 69.5 Å². The highest BCUT2D eigenvalue weighted by molar-refractivity contribution is 7.10. The van der Waals surface area contributed by atoms with Crippen LogP contribution in [-0.4, -0.2) is 26.9 Å². The van der Waals surface area contributed by atoms with Gasteiger partial charge in [0.2, 0.25) is 5.91 Å². The number of carbonyl (C=O) groups excluding carboxylic acids is 2. The van der Waals surface area contributed by atoms with Crippen LogP contribution in [0.3, 0.4) is 0 Å². The number of hydrogen-bond acceptors (Lipinski definition) is 6. The lowest BCUT2D eigenvalue weighted by Gasteiger charge is -2.33. The van der Waals surface area contributed by atoms with Crippen LogP contribution in [0.4, 0.5) is 5.69 Å². The Morgan fingerprint density at radius 1 is 1.21 bits per heavy atom. The Labute approximate surface area is 178 Å². The number of carbonyl (C=O) groups is 2. The van der Waals surface area contributed by atoms with E-state index in [1.54, 1.807) is 5.38 Å². The third-order valence-corrected chi connectivity index (χ3v) is 6.20. The third kappa shape index (κ3) is 4.89. The Morgan fingerprint density at radius 2 is 1.93 bits per heavy atom. The van der Waals surface area contributed by atoms with Crippen molar-refractivity contribution in [2.75, 3.05) is 4.90 Å². The van der Waals surface area contributed by atoms with Gasteiger partial charge in [0.1, 0.15) is 0 Å². The van der Waals surface area contributed by atoms with Crippen LogP contribution < -0.4 is 10.2 Å². The van der Waals surface area contributed by atoms with E-state index in [0.29, 0.717) is 5.69 Å². The molecule has 1 atom stereocenters. The number of aromatic nitrogens is 2. The first-order valence-corrected chi connectivity index (χ1v) is 11.1. The van der Waals surface area contributed by atoms with Gasteiger partial charge in [-0.2, -0.15) is 0 Å². The van der Waals surface area contributed by atoms with Gasteiger partial charge in [-0.3, -0.25) is 14.5 Å². The average Bonchev–Trinajstić information content (AvgIpc) is 3.40. The first-order valence-electron chi connectivity index (χ1n) is 9.35. The van der Waals surface area contributed by atoms with Crippen LogP contribution >= 0.6 is 22.9 Å². The second-order valence-electron chi connectivity index (χ2n) is 7.45. The lowest BCUT2D eigenvalue weighted by molar-refractivity contribution is -0.124. The number of nitrogens with one attached hydrogen (secondary N) is 1. The van der Waals surface area contributed by atoms with Crippen LogP contribution in [-0.2, 0) is 4.79 Å². The van der Waals surface area contributed by atoms with Crippen LogP contribution in [0.2, 0.25) is 0 Å². The topological polar surface area (TPSA) is 75.2 Å². The van der Waals surface area contributed by atoms with E-state index in [2.05, 4.69) is 14.9 Å². The Bertz CT molecular complexity index is 951. The highest BCUT2D eigenvalue weighted by Gasteiger charge is 2.36. The molecule has 0 radical (unpaired) electrons. The molecule has 1 N–H and O–H groups in total. The molecule has 0 aliphatic rings. The monoisotopic (exact) mass is 428 g/mol. The second-order valence-corrected chi connectivity index (χ2v) is 9.03. The minimum absolute atomic E-state index is 0.222. The molecule has 2 amide bonds. The van der Waals surface area contributed by atoms with Crippen molar-refractivity contribution in [3.63, 3.8) is 0 Å². The summed E-state index contributed by atoms with van der Waals surface area (Å²) in [5.41, 5.74) is 1.54. The molecule has 3 aromatic rings. The first-order chi connectivity index (χ1) is 13.8. The summed E-state index contributed by atoms with van der Waals surface area (Å²) >= 11 is 2.55. The SMILES string of the molecule is CCC(C)(C)NC(=O)[C@H](c1cccs1)N(C(=O)c1csnn1)c1ccc(C)cc1. The molecule has 8 heteroatoms. The van der Waals surface area contributed by atoms with Crippen molar-refractivity contribution in [3.05, 3.63) is 63.3 Å². The maximum absolute atomic E-state index is 13.4. The number of nitrogens with zero attached hydrogens (tertiary/aromatic N) is 3. The van der Waals surface area contributed by atoms with E-state index in [9.17, 15) is 9.59 Å². The summed E-state index contributed by atoms with van der Waals surface area (Å²) in [6.07, 6.45) is 0.768. The van der Waals surface area contributed by atoms with E-state index < -0.39 is 11.6 Å². The number of aryl methyl sites for hydroxylation is 1. The molecule has 1 aromatic carbocycles. The Balaban J connectivity index is 2.10. The standard InChI is InChI=1S/C21H24N4O2S2/c1-5-21(3,4)22-19(26)18(17-7-6-12-28-17)25(15-10-8-14(2)9-11-15)20(27)16-13-29-24-23-16/h6-13,18H,5H2,1-4H3,(H,22,26)/t18-/m0/s1. The van der Waals surface area contributed by atoms with E-state index in [1.165, 1.54) is 16.2 Å². The van der Waals surface area contributed by atoms with E-state index in [-0.39, 0.29) is 17.5 Å². The number of benzene rings is 1. The highest BCUT2D eigenvalue weighted by atomic mass is 32.1. The van der Waals surface area contributed by atoms with Crippen molar-refractivity contribution >= 4 is 40.4 Å². The molecule has 0 fully saturated rings. The van der Waals surface area contributed by atoms with Gasteiger partial charge < -0.3 is 5.32 Å². The molecule has 0 aliphatic heterocycles. The van der Waals surface area contributed by atoms with Crippen molar-refractivity contribution in [3.8, 4) is 0 Å². The van der Waals surface area contributed by atoms with Gasteiger partial charge >= 0.3 is 0 Å². The predicted molar refractivity (Wildman–Crippen MR) is 117 cm³/mol. The van der Waals surface area contributed by atoms with Crippen molar-refractivity contribution in [2.45, 2.75) is 45.7 Å². The Hall–Kier alpha value is -2.58. The molecular formula is C21H24N4O2S2. The zero-order valence-electron chi connectivity index (χ0n) is 16.9. The van der Waals surface area contributed by atoms with Gasteiger partial charge in [0.05, 0.1) is 0 Å². The molecule has 0 saturated carbocycles. The maximum atomic E-state index is 13.4. The van der Waals surface area contributed by atoms with Gasteiger partial charge in [-0.1, -0.05) is 35.2 Å². The van der Waals surface area contributed by atoms with Crippen molar-refractivity contribution in [1.29, 1.82) is 0 Å². The minimum Gasteiger partial charge on any atom is -0.349 e. The molecular weight excluding hydrogens is 404 g/mol. The number of thiophene rings is 1. The zero-order chi connectivity index (χ0) is 21.0. The maximum Gasteiger partial charge on any atom is 0.280 e. The molecule has 2 heterocycles. The van der Waals surface area contributed by atoms with Crippen molar-refractivity contribution < 1.29 is 9.59 Å². The number of amides is 2. The van der Waals surface area contributed by atoms with Gasteiger partial charge in [-0.15, -0.1) is 16.4 Å². The van der Waals surface area contributed by atoms with E-state index >= 15 is 0 Å². The minimum atomic E-state index is -0.808. The Morgan fingerprint density at radius 3 is 2.48 bits per heavy atom. The van der Waals surface area contributed by atoms with Crippen LogP contribution in [0, 0.1) is 6.92 Å². The van der Waals surface area contributed by atoms with Gasteiger partial charge in [-0.05, 0) is 62.3 Å². The molecule has 0 aliphatic carbocycles. The first kappa shape index (κ1) is 21.1. The summed E-state index contributed by atoms with van der Waals surface area (Å²) < 4.78 is 3.82. The summed E-state index contributed by atoms with van der Waals surface area (Å²) in [7, 11) is 0. The largest absolute Gasteiger partial charge is 0.349 e. The third-order valence-electron chi connectivity index (χ3n) is 4.77. The normalized spacial score (nSPS) is 12.4. The fourth-order valence-corrected chi connectivity index (χ4v) is 4.02. The molecule has 29 heavy (non-hydrogen) atoms. The van der Waals surface area contributed by atoms with Gasteiger partial charge in [0.25, 0.3) is 5.91 Å². The average molecular weight is 429 g/mol. The molecule has 152 valence electrons. The van der Waals surface area contributed by atoms with E-state index in [0.717, 1.165) is 28.4 Å². The smallest absolute Gasteiger partial charge is 0.280 e. The molecule has 0 spiro atoms. The Kier molecular flexibility index (Phi) is 6.44. The second kappa shape index (κ2) is 8.84. The fraction of sp³-hybridized carbons (Fsp3) is 0.333. The van der Waals surface area contributed by atoms with Gasteiger partial charge in [0.15, 0.2) is 11.7 Å². The quantitative estimate of drug-likeness (QED) is 0.597. The van der Waals surface area contributed by atoms with Gasteiger partial charge in [0, 0.05) is 21.5 Å². The molecule has 0 saturated heterocycles. The summed E-state index contributed by atoms with van der Waals surface area (Å²) in [6.45, 7) is 7.94. The van der Waals surface area contributed by atoms with Crippen LogP contribution in [0.25, 0.3) is 0 Å². The fourth-order valence-electron chi connectivity index (χ4n) is 2.78. The van der Waals surface area contributed by atoms with E-state index in [4.69, 9.17) is 0 Å². The lowest BCUT2D eigenvalue weighted by atomic mass is 10.0. The highest BCUT2D eigenvalue weighted by Crippen LogP contribution is 2.32. The van der Waals surface area contributed by atoms with Crippen LogP contribution in [0.5, 0.6) is 0 Å². The number of hydrogen-bond donors (Lipinski definition) is 1. The summed E-state index contributed by atoms with van der Waals surface area (Å²) in [5.74, 6) is -0.582. The summed E-state index contributed by atoms with van der Waals surface area (Å²) in [5, 5.41) is 10.5. The summed E-state index contributed by atoms with van der Waals surface area (Å²) in [6, 6.07) is 10.5. The van der Waals surface area contributed by atoms with Crippen molar-refractivity contribution in [1.82, 2.24) is 14.9 Å². The van der Waals surface area contributed by atoms with Gasteiger partial charge in [-0.25, -0.2) is 0 Å². The molecule has 3 rings (SSSR count). The molecule has 2 aromatic heterocycles. The van der Waals surface area contributed by atoms with Crippen LogP contribution in [0.15, 0.2) is 47.2 Å². The van der Waals surface area contributed by atoms with Crippen molar-refractivity contribution in [2.24, 2.45) is 0 Å². The predicted octanol–water partition coefficient (Wildman–Crippen LogP) is 4.60. The number of anilines is 1. The molecule has 0 bridgehead atoms. The van der Waals surface area contributed by atoms with Crippen LogP contribution in [0.1, 0.15) is 54.2 Å². The zero-order valence-corrected chi connectivity index (χ0v) is 18.5. The lowest BCUT2D eigenvalue weighted by Crippen LogP contribution is -2.50.